The number of hydrogen-bond acceptors (Lipinski definition) is 4. The Hall–Kier alpha value is -2.57. The molecule has 1 atom stereocenters. The van der Waals surface area contributed by atoms with Crippen molar-refractivity contribution in [3.05, 3.63) is 29.6 Å². The number of cyclic esters (lactones) is 1. The monoisotopic (exact) mass is 302 g/mol. The molecule has 3 rings (SSSR count). The average molecular weight is 302 g/mol. The molecule has 22 heavy (non-hydrogen) atoms. The minimum absolute atomic E-state index is 0.00249. The fourth-order valence-corrected chi connectivity index (χ4v) is 2.45. The van der Waals surface area contributed by atoms with Gasteiger partial charge in [-0.1, -0.05) is 6.07 Å². The number of aromatic nitrogens is 2. The van der Waals surface area contributed by atoms with Crippen molar-refractivity contribution in [1.29, 1.82) is 0 Å². The van der Waals surface area contributed by atoms with Crippen LogP contribution in [0.15, 0.2) is 18.2 Å². The van der Waals surface area contributed by atoms with Gasteiger partial charge in [0.1, 0.15) is 19.0 Å². The number of aromatic amines is 1. The maximum absolute atomic E-state index is 12.0. The first-order valence-electron chi connectivity index (χ1n) is 7.20. The fraction of sp³-hybridized carbons (Fsp3) is 0.400. The lowest BCUT2D eigenvalue weighted by Crippen LogP contribution is -2.38. The molecule has 1 saturated heterocycles. The number of nitrogens with one attached hydrogen (secondary N) is 2. The number of ether oxygens (including phenoxy) is 1. The Labute approximate surface area is 127 Å². The lowest BCUT2D eigenvalue weighted by Gasteiger charge is -2.15. The standard InChI is InChI=1S/C15H18N4O3/c1-9-3-4-11-12(7-9)18-14(17-11)10(2)16-13(20)8-19-5-6-22-15(19)21/h3-4,7,10H,5-6,8H2,1-2H3,(H,16,20)(H,17,18)/t10-/m1/s1. The zero-order chi connectivity index (χ0) is 15.7. The Bertz CT molecular complexity index is 725. The van der Waals surface area contributed by atoms with Gasteiger partial charge in [-0.25, -0.2) is 9.78 Å². The van der Waals surface area contributed by atoms with Crippen molar-refractivity contribution >= 4 is 23.0 Å². The highest BCUT2D eigenvalue weighted by Crippen LogP contribution is 2.17. The predicted molar refractivity (Wildman–Crippen MR) is 80.3 cm³/mol. The van der Waals surface area contributed by atoms with E-state index >= 15 is 0 Å². The van der Waals surface area contributed by atoms with Gasteiger partial charge in [0, 0.05) is 0 Å². The summed E-state index contributed by atoms with van der Waals surface area (Å²) in [6, 6.07) is 5.69. The van der Waals surface area contributed by atoms with Gasteiger partial charge in [-0.05, 0) is 31.5 Å². The summed E-state index contributed by atoms with van der Waals surface area (Å²) in [7, 11) is 0. The summed E-state index contributed by atoms with van der Waals surface area (Å²) in [4.78, 5) is 32.4. The summed E-state index contributed by atoms with van der Waals surface area (Å²) in [6.07, 6.45) is -0.443. The number of carbonyl (C=O) groups excluding carboxylic acids is 2. The highest BCUT2D eigenvalue weighted by Gasteiger charge is 2.25. The number of amides is 2. The molecule has 0 unspecified atom stereocenters. The first kappa shape index (κ1) is 14.4. The topological polar surface area (TPSA) is 87.3 Å². The lowest BCUT2D eigenvalue weighted by molar-refractivity contribution is -0.122. The van der Waals surface area contributed by atoms with Crippen molar-refractivity contribution in [3.63, 3.8) is 0 Å². The Kier molecular flexibility index (Phi) is 3.70. The minimum Gasteiger partial charge on any atom is -0.448 e. The van der Waals surface area contributed by atoms with Crippen molar-refractivity contribution in [2.75, 3.05) is 19.7 Å². The van der Waals surface area contributed by atoms with Crippen LogP contribution < -0.4 is 5.32 Å². The molecule has 0 bridgehead atoms. The molecule has 0 radical (unpaired) electrons. The predicted octanol–water partition coefficient (Wildman–Crippen LogP) is 1.50. The molecule has 0 aliphatic carbocycles. The fourth-order valence-electron chi connectivity index (χ4n) is 2.45. The second-order valence-corrected chi connectivity index (χ2v) is 5.47. The van der Waals surface area contributed by atoms with Gasteiger partial charge in [0.2, 0.25) is 5.91 Å². The van der Waals surface area contributed by atoms with Crippen molar-refractivity contribution in [2.24, 2.45) is 0 Å². The molecule has 1 aromatic heterocycles. The maximum atomic E-state index is 12.0. The summed E-state index contributed by atoms with van der Waals surface area (Å²) < 4.78 is 4.80. The third kappa shape index (κ3) is 2.88. The molecule has 2 aromatic rings. The van der Waals surface area contributed by atoms with Gasteiger partial charge in [-0.3, -0.25) is 9.69 Å². The van der Waals surface area contributed by atoms with Crippen LogP contribution in [0.1, 0.15) is 24.4 Å². The first-order chi connectivity index (χ1) is 10.5. The Morgan fingerprint density at radius 2 is 2.36 bits per heavy atom. The van der Waals surface area contributed by atoms with Crippen molar-refractivity contribution in [1.82, 2.24) is 20.2 Å². The van der Waals surface area contributed by atoms with E-state index in [1.165, 1.54) is 4.90 Å². The molecular weight excluding hydrogens is 284 g/mol. The van der Waals surface area contributed by atoms with Gasteiger partial charge in [0.25, 0.3) is 0 Å². The van der Waals surface area contributed by atoms with E-state index in [4.69, 9.17) is 4.74 Å². The van der Waals surface area contributed by atoms with E-state index in [9.17, 15) is 9.59 Å². The summed E-state index contributed by atoms with van der Waals surface area (Å²) in [5.74, 6) is 0.459. The molecule has 2 N–H and O–H groups in total. The number of carbonyl (C=O) groups is 2. The van der Waals surface area contributed by atoms with Crippen LogP contribution in [-0.4, -0.2) is 46.6 Å². The Balaban J connectivity index is 1.66. The van der Waals surface area contributed by atoms with Crippen LogP contribution in [0.4, 0.5) is 4.79 Å². The van der Waals surface area contributed by atoms with Crippen LogP contribution in [0.25, 0.3) is 11.0 Å². The van der Waals surface area contributed by atoms with Crippen LogP contribution in [-0.2, 0) is 9.53 Å². The summed E-state index contributed by atoms with van der Waals surface area (Å²) in [5.41, 5.74) is 2.95. The smallest absolute Gasteiger partial charge is 0.410 e. The van der Waals surface area contributed by atoms with E-state index in [-0.39, 0.29) is 18.5 Å². The molecule has 0 spiro atoms. The number of H-pyrrole nitrogens is 1. The maximum Gasteiger partial charge on any atom is 0.410 e. The molecule has 1 aliphatic rings. The van der Waals surface area contributed by atoms with Gasteiger partial charge in [-0.15, -0.1) is 0 Å². The number of fused-ring (bicyclic) bond motifs is 1. The Morgan fingerprint density at radius 3 is 3.09 bits per heavy atom. The van der Waals surface area contributed by atoms with Crippen molar-refractivity contribution in [2.45, 2.75) is 19.9 Å². The zero-order valence-electron chi connectivity index (χ0n) is 12.5. The molecule has 0 saturated carbocycles. The number of imidazole rings is 1. The second-order valence-electron chi connectivity index (χ2n) is 5.47. The van der Waals surface area contributed by atoms with Crippen LogP contribution in [0, 0.1) is 6.92 Å². The molecular formula is C15H18N4O3. The molecule has 1 aromatic carbocycles. The van der Waals surface area contributed by atoms with E-state index < -0.39 is 6.09 Å². The van der Waals surface area contributed by atoms with E-state index in [2.05, 4.69) is 15.3 Å². The summed E-state index contributed by atoms with van der Waals surface area (Å²) in [5, 5.41) is 2.84. The van der Waals surface area contributed by atoms with Crippen molar-refractivity contribution in [3.8, 4) is 0 Å². The molecule has 1 fully saturated rings. The van der Waals surface area contributed by atoms with Crippen LogP contribution >= 0.6 is 0 Å². The van der Waals surface area contributed by atoms with Crippen LogP contribution in [0.3, 0.4) is 0 Å². The first-order valence-corrected chi connectivity index (χ1v) is 7.20. The third-order valence-electron chi connectivity index (χ3n) is 3.62. The van der Waals surface area contributed by atoms with Gasteiger partial charge in [-0.2, -0.15) is 0 Å². The van der Waals surface area contributed by atoms with E-state index in [1.54, 1.807) is 0 Å². The normalized spacial score (nSPS) is 15.9. The Morgan fingerprint density at radius 1 is 1.55 bits per heavy atom. The van der Waals surface area contributed by atoms with Gasteiger partial charge < -0.3 is 15.0 Å². The highest BCUT2D eigenvalue weighted by atomic mass is 16.6. The largest absolute Gasteiger partial charge is 0.448 e. The van der Waals surface area contributed by atoms with Crippen LogP contribution in [0.5, 0.6) is 0 Å². The molecule has 2 amide bonds. The van der Waals surface area contributed by atoms with E-state index in [1.807, 2.05) is 32.0 Å². The summed E-state index contributed by atoms with van der Waals surface area (Å²) in [6.45, 7) is 4.66. The zero-order valence-corrected chi connectivity index (χ0v) is 12.5. The number of hydrogen-bond donors (Lipinski definition) is 2. The minimum atomic E-state index is -0.443. The highest BCUT2D eigenvalue weighted by molar-refractivity contribution is 5.83. The number of benzene rings is 1. The second kappa shape index (κ2) is 5.67. The SMILES string of the molecule is Cc1ccc2nc([C@@H](C)NC(=O)CN3CCOC3=O)[nH]c2c1. The molecule has 7 heteroatoms. The average Bonchev–Trinajstić information content (AvgIpc) is 3.05. The number of nitrogens with zero attached hydrogens (tertiary/aromatic N) is 2. The van der Waals surface area contributed by atoms with Crippen molar-refractivity contribution < 1.29 is 14.3 Å². The summed E-state index contributed by atoms with van der Waals surface area (Å²) >= 11 is 0. The lowest BCUT2D eigenvalue weighted by atomic mass is 10.2. The van der Waals surface area contributed by atoms with E-state index in [0.29, 0.717) is 19.0 Å². The van der Waals surface area contributed by atoms with Gasteiger partial charge in [0.05, 0.1) is 23.6 Å². The number of aryl methyl sites for hydroxylation is 1. The quantitative estimate of drug-likeness (QED) is 0.896. The number of rotatable bonds is 4. The molecule has 7 nitrogen and oxygen atoms in total. The van der Waals surface area contributed by atoms with E-state index in [0.717, 1.165) is 16.6 Å². The van der Waals surface area contributed by atoms with Crippen LogP contribution in [0.2, 0.25) is 0 Å². The van der Waals surface area contributed by atoms with Gasteiger partial charge >= 0.3 is 6.09 Å². The third-order valence-corrected chi connectivity index (χ3v) is 3.62. The molecule has 116 valence electrons. The molecule has 2 heterocycles. The van der Waals surface area contributed by atoms with Gasteiger partial charge in [0.15, 0.2) is 0 Å². The molecule has 1 aliphatic heterocycles.